The molecule has 6 aromatic carbocycles. The van der Waals surface area contributed by atoms with Crippen LogP contribution in [0.3, 0.4) is 0 Å². The van der Waals surface area contributed by atoms with Crippen LogP contribution >= 0.6 is 0 Å². The van der Waals surface area contributed by atoms with Gasteiger partial charge >= 0.3 is 0 Å². The second-order valence-corrected chi connectivity index (χ2v) is 11.6. The van der Waals surface area contributed by atoms with Crippen molar-refractivity contribution >= 4 is 10.9 Å². The normalized spacial score (nSPS) is 11.7. The molecule has 9 rings (SSSR count). The van der Waals surface area contributed by atoms with E-state index in [2.05, 4.69) is 156 Å². The second-order valence-electron chi connectivity index (χ2n) is 11.6. The average Bonchev–Trinajstić information content (AvgIpc) is 3.40. The predicted octanol–water partition coefficient (Wildman–Crippen LogP) is 11.5. The zero-order chi connectivity index (χ0) is 30.5. The van der Waals surface area contributed by atoms with Gasteiger partial charge in [-0.05, 0) is 47.0 Å². The molecule has 0 bridgehead atoms. The van der Waals surface area contributed by atoms with Crippen molar-refractivity contribution in [3.8, 4) is 73.2 Å². The van der Waals surface area contributed by atoms with Crippen molar-refractivity contribution in [2.24, 2.45) is 0 Å². The van der Waals surface area contributed by atoms with E-state index in [1.54, 1.807) is 0 Å². The van der Waals surface area contributed by atoms with Gasteiger partial charge in [-0.25, -0.2) is 4.98 Å². The first-order chi connectivity index (χ1) is 22.8. The first-order valence-electron chi connectivity index (χ1n) is 15.6. The summed E-state index contributed by atoms with van der Waals surface area (Å²) in [5.41, 5.74) is 11.9. The summed E-state index contributed by atoms with van der Waals surface area (Å²) in [6.45, 7) is 0. The molecule has 2 aromatic heterocycles. The molecule has 0 unspecified atom stereocenters. The Balaban J connectivity index is 1.48. The number of nitrogens with zero attached hydrogens (tertiary/aromatic N) is 2. The molecule has 1 aliphatic rings. The molecule has 0 saturated carbocycles. The summed E-state index contributed by atoms with van der Waals surface area (Å²) in [6, 6.07) is 59.4. The van der Waals surface area contributed by atoms with Crippen molar-refractivity contribution in [2.75, 3.05) is 0 Å². The van der Waals surface area contributed by atoms with E-state index in [0.717, 1.165) is 84.1 Å². The third-order valence-electron chi connectivity index (χ3n) is 8.81. The molecule has 216 valence electrons. The number of pyridine rings is 1. The predicted molar refractivity (Wildman–Crippen MR) is 188 cm³/mol. The summed E-state index contributed by atoms with van der Waals surface area (Å²) in [5.74, 6) is 2.51. The molecule has 1 aliphatic heterocycles. The standard InChI is InChI=1S/C43H28N2O/c1-4-15-29(16-5-1)32-27-37(31-19-8-3-9-20-31)44-40(28-32)45-42-33(30-17-6-2-7-18-30)23-14-24-36(42)41-34-21-10-12-25-38(34)46-39-26-13-11-22-35(39)43(41)45/h1-28H. The minimum absolute atomic E-state index is 0.821. The van der Waals surface area contributed by atoms with E-state index in [0.29, 0.717) is 0 Å². The SMILES string of the molecule is c1ccc(-c2cc(-c3ccccc3)nc(-n3c4c(c5cccc(-c6ccccc6)c53)-c3ccccc3Oc3ccccc3-4)c2)cc1. The molecule has 0 aliphatic carbocycles. The van der Waals surface area contributed by atoms with E-state index in [9.17, 15) is 0 Å². The third kappa shape index (κ3) is 4.25. The highest BCUT2D eigenvalue weighted by Crippen LogP contribution is 2.53. The van der Waals surface area contributed by atoms with Crippen LogP contribution in [-0.4, -0.2) is 9.55 Å². The van der Waals surface area contributed by atoms with E-state index in [1.165, 1.54) is 0 Å². The number of hydrogen-bond donors (Lipinski definition) is 0. The van der Waals surface area contributed by atoms with Crippen LogP contribution in [0.1, 0.15) is 0 Å². The Morgan fingerprint density at radius 3 is 1.72 bits per heavy atom. The zero-order valence-electron chi connectivity index (χ0n) is 25.0. The third-order valence-corrected chi connectivity index (χ3v) is 8.81. The summed E-state index contributed by atoms with van der Waals surface area (Å²) in [4.78, 5) is 5.45. The van der Waals surface area contributed by atoms with E-state index in [4.69, 9.17) is 9.72 Å². The topological polar surface area (TPSA) is 27.1 Å². The van der Waals surface area contributed by atoms with Gasteiger partial charge in [0.15, 0.2) is 0 Å². The Labute approximate surface area is 267 Å². The van der Waals surface area contributed by atoms with Gasteiger partial charge in [0, 0.05) is 33.2 Å². The summed E-state index contributed by atoms with van der Waals surface area (Å²) in [5, 5.41) is 1.15. The van der Waals surface area contributed by atoms with E-state index in [-0.39, 0.29) is 0 Å². The van der Waals surface area contributed by atoms with E-state index >= 15 is 0 Å². The van der Waals surface area contributed by atoms with Crippen LogP contribution in [0.2, 0.25) is 0 Å². The summed E-state index contributed by atoms with van der Waals surface area (Å²) in [6.07, 6.45) is 0. The van der Waals surface area contributed by atoms with Crippen LogP contribution in [0.4, 0.5) is 0 Å². The van der Waals surface area contributed by atoms with Crippen LogP contribution in [0, 0.1) is 0 Å². The fourth-order valence-electron chi connectivity index (χ4n) is 6.76. The molecule has 46 heavy (non-hydrogen) atoms. The van der Waals surface area contributed by atoms with Gasteiger partial charge in [-0.1, -0.05) is 140 Å². The molecular weight excluding hydrogens is 560 g/mol. The van der Waals surface area contributed by atoms with Crippen LogP contribution in [0.25, 0.3) is 72.6 Å². The number of fused-ring (bicyclic) bond motifs is 7. The maximum absolute atomic E-state index is 6.65. The van der Waals surface area contributed by atoms with Crippen LogP contribution in [-0.2, 0) is 0 Å². The lowest BCUT2D eigenvalue weighted by Gasteiger charge is -2.17. The first-order valence-corrected chi connectivity index (χ1v) is 15.6. The van der Waals surface area contributed by atoms with Crippen molar-refractivity contribution in [3.05, 3.63) is 170 Å². The fourth-order valence-corrected chi connectivity index (χ4v) is 6.76. The van der Waals surface area contributed by atoms with Gasteiger partial charge in [-0.2, -0.15) is 0 Å². The number of hydrogen-bond acceptors (Lipinski definition) is 2. The summed E-state index contributed by atoms with van der Waals surface area (Å²) < 4.78 is 9.02. The number of rotatable bonds is 4. The molecule has 0 amide bonds. The minimum Gasteiger partial charge on any atom is -0.456 e. The van der Waals surface area contributed by atoms with Crippen LogP contribution in [0.15, 0.2) is 170 Å². The molecule has 0 radical (unpaired) electrons. The van der Waals surface area contributed by atoms with E-state index < -0.39 is 0 Å². The molecule has 0 N–H and O–H groups in total. The molecular formula is C43H28N2O. The highest BCUT2D eigenvalue weighted by atomic mass is 16.5. The van der Waals surface area contributed by atoms with Gasteiger partial charge in [0.05, 0.1) is 16.9 Å². The van der Waals surface area contributed by atoms with Crippen molar-refractivity contribution in [3.63, 3.8) is 0 Å². The van der Waals surface area contributed by atoms with Gasteiger partial charge in [0.25, 0.3) is 0 Å². The number of para-hydroxylation sites is 3. The van der Waals surface area contributed by atoms with Crippen molar-refractivity contribution in [1.82, 2.24) is 9.55 Å². The largest absolute Gasteiger partial charge is 0.456 e. The molecule has 0 saturated heterocycles. The zero-order valence-corrected chi connectivity index (χ0v) is 25.0. The lowest BCUT2D eigenvalue weighted by atomic mass is 9.96. The van der Waals surface area contributed by atoms with Crippen molar-refractivity contribution < 1.29 is 4.74 Å². The van der Waals surface area contributed by atoms with E-state index in [1.807, 2.05) is 18.2 Å². The highest BCUT2D eigenvalue weighted by molar-refractivity contribution is 6.12. The maximum Gasteiger partial charge on any atom is 0.138 e. The molecule has 3 heteroatoms. The molecule has 8 aromatic rings. The summed E-state index contributed by atoms with van der Waals surface area (Å²) in [7, 11) is 0. The van der Waals surface area contributed by atoms with Crippen LogP contribution in [0.5, 0.6) is 11.5 Å². The maximum atomic E-state index is 6.65. The van der Waals surface area contributed by atoms with Gasteiger partial charge in [0.1, 0.15) is 17.3 Å². The molecule has 3 nitrogen and oxygen atoms in total. The number of benzene rings is 6. The van der Waals surface area contributed by atoms with Gasteiger partial charge in [-0.3, -0.25) is 4.57 Å². The molecule has 0 fully saturated rings. The molecule has 0 atom stereocenters. The quantitative estimate of drug-likeness (QED) is 0.204. The fraction of sp³-hybridized carbons (Fsp3) is 0. The van der Waals surface area contributed by atoms with Crippen molar-refractivity contribution in [2.45, 2.75) is 0 Å². The Kier molecular flexibility index (Phi) is 6.14. The number of aromatic nitrogens is 2. The van der Waals surface area contributed by atoms with Crippen molar-refractivity contribution in [1.29, 1.82) is 0 Å². The van der Waals surface area contributed by atoms with Crippen LogP contribution < -0.4 is 4.74 Å². The first kappa shape index (κ1) is 26.2. The van der Waals surface area contributed by atoms with Gasteiger partial charge in [-0.15, -0.1) is 0 Å². The minimum atomic E-state index is 0.821. The smallest absolute Gasteiger partial charge is 0.138 e. The Morgan fingerprint density at radius 2 is 1.00 bits per heavy atom. The monoisotopic (exact) mass is 588 g/mol. The summed E-state index contributed by atoms with van der Waals surface area (Å²) >= 11 is 0. The molecule has 3 heterocycles. The molecule has 0 spiro atoms. The highest BCUT2D eigenvalue weighted by Gasteiger charge is 2.30. The second kappa shape index (κ2) is 10.8. The average molecular weight is 589 g/mol. The van der Waals surface area contributed by atoms with Gasteiger partial charge in [0.2, 0.25) is 0 Å². The lowest BCUT2D eigenvalue weighted by Crippen LogP contribution is -2.03. The Morgan fingerprint density at radius 1 is 0.435 bits per heavy atom. The lowest BCUT2D eigenvalue weighted by molar-refractivity contribution is 0.487. The van der Waals surface area contributed by atoms with Gasteiger partial charge < -0.3 is 4.74 Å². The Hall–Kier alpha value is -6.19. The Bertz CT molecular complexity index is 2320. The number of ether oxygens (including phenoxy) is 1.